The molecule has 0 aliphatic rings. The fourth-order valence-electron chi connectivity index (χ4n) is 1.84. The number of benzene rings is 1. The lowest BCUT2D eigenvalue weighted by Crippen LogP contribution is -2.37. The SMILES string of the molecule is CCCN(CC(=O)OCC)C(=O)c1ccc(C(N)=S)cc1. The number of nitrogens with zero attached hydrogens (tertiary/aromatic N) is 1. The first-order valence-corrected chi connectivity index (χ1v) is 7.25. The zero-order chi connectivity index (χ0) is 15.8. The summed E-state index contributed by atoms with van der Waals surface area (Å²) in [6.45, 7) is 4.43. The minimum absolute atomic E-state index is 0.0441. The van der Waals surface area contributed by atoms with Crippen LogP contribution in [0.4, 0.5) is 0 Å². The lowest BCUT2D eigenvalue weighted by Gasteiger charge is -2.21. The van der Waals surface area contributed by atoms with Crippen molar-refractivity contribution in [3.63, 3.8) is 0 Å². The lowest BCUT2D eigenvalue weighted by atomic mass is 10.1. The summed E-state index contributed by atoms with van der Waals surface area (Å²) >= 11 is 4.87. The fraction of sp³-hybridized carbons (Fsp3) is 0.400. The summed E-state index contributed by atoms with van der Waals surface area (Å²) in [7, 11) is 0. The van der Waals surface area contributed by atoms with E-state index in [1.807, 2.05) is 6.92 Å². The molecular weight excluding hydrogens is 288 g/mol. The molecule has 0 fully saturated rings. The molecule has 5 nitrogen and oxygen atoms in total. The molecule has 0 unspecified atom stereocenters. The van der Waals surface area contributed by atoms with Crippen LogP contribution < -0.4 is 5.73 Å². The maximum absolute atomic E-state index is 12.4. The average Bonchev–Trinajstić information content (AvgIpc) is 2.46. The van der Waals surface area contributed by atoms with Crippen LogP contribution in [0.15, 0.2) is 24.3 Å². The predicted molar refractivity (Wildman–Crippen MR) is 85.2 cm³/mol. The van der Waals surface area contributed by atoms with Crippen molar-refractivity contribution in [3.8, 4) is 0 Å². The van der Waals surface area contributed by atoms with Crippen LogP contribution in [0, 0.1) is 0 Å². The Hall–Kier alpha value is -1.95. The van der Waals surface area contributed by atoms with Crippen molar-refractivity contribution in [2.24, 2.45) is 5.73 Å². The third-order valence-electron chi connectivity index (χ3n) is 2.82. The van der Waals surface area contributed by atoms with Gasteiger partial charge in [-0.1, -0.05) is 31.3 Å². The molecular formula is C15H20N2O3S. The van der Waals surface area contributed by atoms with E-state index in [0.717, 1.165) is 6.42 Å². The second-order valence-electron chi connectivity index (χ2n) is 4.47. The number of esters is 1. The molecule has 0 aromatic heterocycles. The molecule has 1 rings (SSSR count). The summed E-state index contributed by atoms with van der Waals surface area (Å²) in [5, 5.41) is 0. The molecule has 0 heterocycles. The summed E-state index contributed by atoms with van der Waals surface area (Å²) in [5.74, 6) is -0.613. The Bertz CT molecular complexity index is 514. The van der Waals surface area contributed by atoms with Crippen molar-refractivity contribution in [1.82, 2.24) is 4.90 Å². The molecule has 2 N–H and O–H groups in total. The highest BCUT2D eigenvalue weighted by atomic mass is 32.1. The highest BCUT2D eigenvalue weighted by molar-refractivity contribution is 7.80. The highest BCUT2D eigenvalue weighted by Crippen LogP contribution is 2.09. The van der Waals surface area contributed by atoms with Crippen molar-refractivity contribution in [1.29, 1.82) is 0 Å². The monoisotopic (exact) mass is 308 g/mol. The smallest absolute Gasteiger partial charge is 0.325 e. The van der Waals surface area contributed by atoms with E-state index in [9.17, 15) is 9.59 Å². The first kappa shape index (κ1) is 17.1. The van der Waals surface area contributed by atoms with Gasteiger partial charge in [0.1, 0.15) is 11.5 Å². The fourth-order valence-corrected chi connectivity index (χ4v) is 1.98. The number of nitrogens with two attached hydrogens (primary N) is 1. The second kappa shape index (κ2) is 8.36. The molecule has 0 saturated heterocycles. The Kier molecular flexibility index (Phi) is 6.81. The van der Waals surface area contributed by atoms with Crippen LogP contribution in [0.5, 0.6) is 0 Å². The number of thiocarbonyl (C=S) groups is 1. The van der Waals surface area contributed by atoms with Crippen molar-refractivity contribution >= 4 is 29.1 Å². The molecule has 0 saturated carbocycles. The Morgan fingerprint density at radius 1 is 1.19 bits per heavy atom. The molecule has 0 atom stereocenters. The van der Waals surface area contributed by atoms with E-state index in [2.05, 4.69) is 0 Å². The van der Waals surface area contributed by atoms with Crippen LogP contribution in [0.3, 0.4) is 0 Å². The molecule has 0 radical (unpaired) electrons. The van der Waals surface area contributed by atoms with Crippen molar-refractivity contribution < 1.29 is 14.3 Å². The van der Waals surface area contributed by atoms with Gasteiger partial charge in [-0.2, -0.15) is 0 Å². The molecule has 6 heteroatoms. The zero-order valence-corrected chi connectivity index (χ0v) is 13.1. The first-order valence-electron chi connectivity index (χ1n) is 6.84. The highest BCUT2D eigenvalue weighted by Gasteiger charge is 2.18. The maximum atomic E-state index is 12.4. The van der Waals surface area contributed by atoms with E-state index in [1.165, 1.54) is 4.90 Å². The average molecular weight is 308 g/mol. The van der Waals surface area contributed by atoms with E-state index >= 15 is 0 Å². The lowest BCUT2D eigenvalue weighted by molar-refractivity contribution is -0.143. The van der Waals surface area contributed by atoms with Gasteiger partial charge in [-0.3, -0.25) is 9.59 Å². The van der Waals surface area contributed by atoms with Gasteiger partial charge in [0.15, 0.2) is 0 Å². The topological polar surface area (TPSA) is 72.6 Å². The largest absolute Gasteiger partial charge is 0.465 e. The van der Waals surface area contributed by atoms with E-state index < -0.39 is 5.97 Å². The maximum Gasteiger partial charge on any atom is 0.325 e. The number of hydrogen-bond acceptors (Lipinski definition) is 4. The van der Waals surface area contributed by atoms with E-state index in [4.69, 9.17) is 22.7 Å². The number of carbonyl (C=O) groups is 2. The van der Waals surface area contributed by atoms with Crippen LogP contribution in [-0.2, 0) is 9.53 Å². The number of ether oxygens (including phenoxy) is 1. The van der Waals surface area contributed by atoms with Gasteiger partial charge in [-0.05, 0) is 25.5 Å². The van der Waals surface area contributed by atoms with Crippen LogP contribution in [-0.4, -0.2) is 41.5 Å². The standard InChI is InChI=1S/C15H20N2O3S/c1-3-9-17(10-13(18)20-4-2)15(19)12-7-5-11(6-8-12)14(16)21/h5-8H,3-4,9-10H2,1-2H3,(H2,16,21). The van der Waals surface area contributed by atoms with Crippen molar-refractivity contribution in [3.05, 3.63) is 35.4 Å². The normalized spacial score (nSPS) is 10.0. The third kappa shape index (κ3) is 5.15. The summed E-state index contributed by atoms with van der Waals surface area (Å²) in [5.41, 5.74) is 6.72. The minimum atomic E-state index is -0.404. The second-order valence-corrected chi connectivity index (χ2v) is 4.91. The van der Waals surface area contributed by atoms with Gasteiger partial charge in [0.25, 0.3) is 5.91 Å². The number of carbonyl (C=O) groups excluding carboxylic acids is 2. The van der Waals surface area contributed by atoms with Gasteiger partial charge < -0.3 is 15.4 Å². The van der Waals surface area contributed by atoms with Gasteiger partial charge in [-0.15, -0.1) is 0 Å². The Balaban J connectivity index is 2.84. The van der Waals surface area contributed by atoms with Crippen LogP contribution in [0.25, 0.3) is 0 Å². The summed E-state index contributed by atoms with van der Waals surface area (Å²) in [4.78, 5) is 25.7. The van der Waals surface area contributed by atoms with Crippen molar-refractivity contribution in [2.75, 3.05) is 19.7 Å². The van der Waals surface area contributed by atoms with Crippen LogP contribution in [0.2, 0.25) is 0 Å². The molecule has 114 valence electrons. The predicted octanol–water partition coefficient (Wildman–Crippen LogP) is 1.74. The van der Waals surface area contributed by atoms with E-state index in [-0.39, 0.29) is 17.4 Å². The number of hydrogen-bond donors (Lipinski definition) is 1. The minimum Gasteiger partial charge on any atom is -0.465 e. The molecule has 1 aromatic rings. The quantitative estimate of drug-likeness (QED) is 0.613. The van der Waals surface area contributed by atoms with E-state index in [1.54, 1.807) is 31.2 Å². The van der Waals surface area contributed by atoms with Gasteiger partial charge in [-0.25, -0.2) is 0 Å². The van der Waals surface area contributed by atoms with Gasteiger partial charge in [0, 0.05) is 17.7 Å². The molecule has 21 heavy (non-hydrogen) atoms. The molecule has 0 bridgehead atoms. The molecule has 0 aliphatic carbocycles. The summed E-state index contributed by atoms with van der Waals surface area (Å²) in [6, 6.07) is 6.71. The van der Waals surface area contributed by atoms with Gasteiger partial charge in [0.05, 0.1) is 6.61 Å². The molecule has 0 aliphatic heterocycles. The molecule has 1 aromatic carbocycles. The molecule has 1 amide bonds. The van der Waals surface area contributed by atoms with Crippen molar-refractivity contribution in [2.45, 2.75) is 20.3 Å². The summed E-state index contributed by atoms with van der Waals surface area (Å²) in [6.07, 6.45) is 0.760. The van der Waals surface area contributed by atoms with Crippen LogP contribution in [0.1, 0.15) is 36.2 Å². The first-order chi connectivity index (χ1) is 9.99. The van der Waals surface area contributed by atoms with Gasteiger partial charge >= 0.3 is 5.97 Å². The Morgan fingerprint density at radius 3 is 2.24 bits per heavy atom. The Morgan fingerprint density at radius 2 is 1.76 bits per heavy atom. The van der Waals surface area contributed by atoms with Crippen LogP contribution >= 0.6 is 12.2 Å². The number of rotatable bonds is 7. The zero-order valence-electron chi connectivity index (χ0n) is 12.3. The summed E-state index contributed by atoms with van der Waals surface area (Å²) < 4.78 is 4.89. The van der Waals surface area contributed by atoms with E-state index in [0.29, 0.717) is 24.3 Å². The number of amides is 1. The molecule has 0 spiro atoms. The Labute approximate surface area is 130 Å². The van der Waals surface area contributed by atoms with Gasteiger partial charge in [0.2, 0.25) is 0 Å². The third-order valence-corrected chi connectivity index (χ3v) is 3.06.